The summed E-state index contributed by atoms with van der Waals surface area (Å²) in [6, 6.07) is 9.41. The van der Waals surface area contributed by atoms with Gasteiger partial charge in [-0.3, -0.25) is 4.90 Å². The maximum Gasteiger partial charge on any atom is 0.0406 e. The molecular formula is C17H24ClN. The molecule has 2 unspecified atom stereocenters. The number of rotatable bonds is 4. The van der Waals surface area contributed by atoms with Crippen LogP contribution in [-0.4, -0.2) is 24.0 Å². The smallest absolute Gasteiger partial charge is 0.0406 e. The van der Waals surface area contributed by atoms with Crippen LogP contribution in [0.25, 0.3) is 0 Å². The molecule has 3 aliphatic rings. The molecule has 1 aromatic carbocycles. The third kappa shape index (κ3) is 2.68. The maximum absolute atomic E-state index is 6.04. The highest BCUT2D eigenvalue weighted by Gasteiger charge is 2.42. The monoisotopic (exact) mass is 277 g/mol. The summed E-state index contributed by atoms with van der Waals surface area (Å²) in [5.74, 6) is 1.64. The van der Waals surface area contributed by atoms with E-state index in [2.05, 4.69) is 36.1 Å². The average Bonchev–Trinajstić information content (AvgIpc) is 2.47. The van der Waals surface area contributed by atoms with Crippen molar-refractivity contribution in [3.8, 4) is 0 Å². The number of unbranched alkanes of at least 4 members (excludes halogenated alkanes) is 1. The SMILES string of the molecule is CCCCC1C(c2ccc(Cl)cc2)C2CCN1CC2. The summed E-state index contributed by atoms with van der Waals surface area (Å²) < 4.78 is 0. The summed E-state index contributed by atoms with van der Waals surface area (Å²) in [7, 11) is 0. The van der Waals surface area contributed by atoms with E-state index >= 15 is 0 Å². The van der Waals surface area contributed by atoms with Crippen LogP contribution in [0.4, 0.5) is 0 Å². The van der Waals surface area contributed by atoms with Gasteiger partial charge in [-0.15, -0.1) is 0 Å². The van der Waals surface area contributed by atoms with E-state index in [9.17, 15) is 0 Å². The van der Waals surface area contributed by atoms with Gasteiger partial charge >= 0.3 is 0 Å². The Labute approximate surface area is 121 Å². The first-order valence-electron chi connectivity index (χ1n) is 7.79. The van der Waals surface area contributed by atoms with Crippen LogP contribution in [0, 0.1) is 5.92 Å². The average molecular weight is 278 g/mol. The van der Waals surface area contributed by atoms with Crippen molar-refractivity contribution in [1.29, 1.82) is 0 Å². The fourth-order valence-corrected chi connectivity index (χ4v) is 4.23. The van der Waals surface area contributed by atoms with Gasteiger partial charge in [0.25, 0.3) is 0 Å². The molecule has 3 heterocycles. The molecule has 2 heteroatoms. The van der Waals surface area contributed by atoms with E-state index in [4.69, 9.17) is 11.6 Å². The van der Waals surface area contributed by atoms with Gasteiger partial charge in [-0.05, 0) is 56.0 Å². The van der Waals surface area contributed by atoms with E-state index in [0.29, 0.717) is 0 Å². The molecule has 3 aliphatic heterocycles. The van der Waals surface area contributed by atoms with Gasteiger partial charge in [0.2, 0.25) is 0 Å². The summed E-state index contributed by atoms with van der Waals surface area (Å²) in [6.07, 6.45) is 6.80. The number of benzene rings is 1. The summed E-state index contributed by atoms with van der Waals surface area (Å²) in [4.78, 5) is 2.74. The number of halogens is 1. The molecule has 3 fully saturated rings. The van der Waals surface area contributed by atoms with Crippen LogP contribution in [0.2, 0.25) is 5.02 Å². The van der Waals surface area contributed by atoms with Crippen LogP contribution in [0.1, 0.15) is 50.5 Å². The Hall–Kier alpha value is -0.530. The van der Waals surface area contributed by atoms with Gasteiger partial charge in [0, 0.05) is 17.0 Å². The zero-order valence-electron chi connectivity index (χ0n) is 11.8. The van der Waals surface area contributed by atoms with E-state index in [1.807, 2.05) is 0 Å². The summed E-state index contributed by atoms with van der Waals surface area (Å²) in [5, 5.41) is 0.857. The van der Waals surface area contributed by atoms with Gasteiger partial charge in [0.05, 0.1) is 0 Å². The van der Waals surface area contributed by atoms with Crippen LogP contribution in [0.3, 0.4) is 0 Å². The van der Waals surface area contributed by atoms with Crippen molar-refractivity contribution < 1.29 is 0 Å². The molecule has 0 aromatic heterocycles. The van der Waals surface area contributed by atoms with Crippen molar-refractivity contribution in [3.63, 3.8) is 0 Å². The van der Waals surface area contributed by atoms with Crippen LogP contribution in [0.15, 0.2) is 24.3 Å². The van der Waals surface area contributed by atoms with Crippen LogP contribution in [0.5, 0.6) is 0 Å². The Morgan fingerprint density at radius 3 is 2.47 bits per heavy atom. The van der Waals surface area contributed by atoms with Crippen molar-refractivity contribution in [2.75, 3.05) is 13.1 Å². The largest absolute Gasteiger partial charge is 0.300 e. The lowest BCUT2D eigenvalue weighted by Crippen LogP contribution is -2.53. The van der Waals surface area contributed by atoms with Crippen LogP contribution >= 0.6 is 11.6 Å². The molecule has 0 aliphatic carbocycles. The van der Waals surface area contributed by atoms with Gasteiger partial charge in [0.15, 0.2) is 0 Å². The minimum Gasteiger partial charge on any atom is -0.300 e. The first-order valence-corrected chi connectivity index (χ1v) is 8.17. The second-order valence-corrected chi connectivity index (χ2v) is 6.60. The molecule has 0 amide bonds. The molecular weight excluding hydrogens is 254 g/mol. The van der Waals surface area contributed by atoms with Gasteiger partial charge < -0.3 is 0 Å². The molecule has 104 valence electrons. The van der Waals surface area contributed by atoms with Gasteiger partial charge in [-0.25, -0.2) is 0 Å². The first-order chi connectivity index (χ1) is 9.29. The fourth-order valence-electron chi connectivity index (χ4n) is 4.11. The molecule has 4 rings (SSSR count). The molecule has 19 heavy (non-hydrogen) atoms. The molecule has 1 nitrogen and oxygen atoms in total. The van der Waals surface area contributed by atoms with Crippen molar-refractivity contribution in [1.82, 2.24) is 4.90 Å². The van der Waals surface area contributed by atoms with E-state index in [-0.39, 0.29) is 0 Å². The normalized spacial score (nSPS) is 33.6. The van der Waals surface area contributed by atoms with Gasteiger partial charge in [-0.1, -0.05) is 43.5 Å². The van der Waals surface area contributed by atoms with E-state index in [0.717, 1.165) is 22.9 Å². The lowest BCUT2D eigenvalue weighted by molar-refractivity contribution is 0.0202. The lowest BCUT2D eigenvalue weighted by Gasteiger charge is -2.51. The van der Waals surface area contributed by atoms with Gasteiger partial charge in [-0.2, -0.15) is 0 Å². The Balaban J connectivity index is 1.84. The van der Waals surface area contributed by atoms with E-state index in [1.54, 1.807) is 0 Å². The minimum absolute atomic E-state index is 0.742. The second-order valence-electron chi connectivity index (χ2n) is 6.16. The van der Waals surface area contributed by atoms with Crippen molar-refractivity contribution in [2.45, 2.75) is 51.0 Å². The molecule has 2 bridgehead atoms. The second kappa shape index (κ2) is 5.85. The molecule has 3 saturated heterocycles. The maximum atomic E-state index is 6.04. The van der Waals surface area contributed by atoms with E-state index in [1.165, 1.54) is 50.8 Å². The highest BCUT2D eigenvalue weighted by Crippen LogP contribution is 2.45. The third-order valence-corrected chi connectivity index (χ3v) is 5.33. The van der Waals surface area contributed by atoms with Gasteiger partial charge in [0.1, 0.15) is 0 Å². The van der Waals surface area contributed by atoms with Crippen molar-refractivity contribution in [2.24, 2.45) is 5.92 Å². The predicted octanol–water partition coefficient (Wildman–Crippen LogP) is 4.71. The molecule has 0 saturated carbocycles. The standard InChI is InChI=1S/C17H24ClN/c1-2-3-4-16-17(13-5-7-15(18)8-6-13)14-9-11-19(16)12-10-14/h5-8,14,16-17H,2-4,9-12H2,1H3. The summed E-state index contributed by atoms with van der Waals surface area (Å²) >= 11 is 6.04. The number of hydrogen-bond donors (Lipinski definition) is 0. The summed E-state index contributed by atoms with van der Waals surface area (Å²) in [6.45, 7) is 4.94. The Kier molecular flexibility index (Phi) is 4.14. The molecule has 0 N–H and O–H groups in total. The topological polar surface area (TPSA) is 3.24 Å². The third-order valence-electron chi connectivity index (χ3n) is 5.07. The fraction of sp³-hybridized carbons (Fsp3) is 0.647. The minimum atomic E-state index is 0.742. The zero-order chi connectivity index (χ0) is 13.2. The summed E-state index contributed by atoms with van der Waals surface area (Å²) in [5.41, 5.74) is 1.51. The number of piperidine rings is 3. The molecule has 0 radical (unpaired) electrons. The first kappa shape index (κ1) is 13.5. The molecule has 1 aromatic rings. The Morgan fingerprint density at radius 1 is 1.16 bits per heavy atom. The highest BCUT2D eigenvalue weighted by molar-refractivity contribution is 6.30. The lowest BCUT2D eigenvalue weighted by atomic mass is 9.69. The number of nitrogens with zero attached hydrogens (tertiary/aromatic N) is 1. The van der Waals surface area contributed by atoms with Crippen LogP contribution < -0.4 is 0 Å². The van der Waals surface area contributed by atoms with Crippen molar-refractivity contribution in [3.05, 3.63) is 34.9 Å². The Morgan fingerprint density at radius 2 is 1.84 bits per heavy atom. The predicted molar refractivity (Wildman–Crippen MR) is 81.8 cm³/mol. The Bertz CT molecular complexity index is 406. The quantitative estimate of drug-likeness (QED) is 0.770. The number of fused-ring (bicyclic) bond motifs is 3. The molecule has 2 atom stereocenters. The van der Waals surface area contributed by atoms with Crippen molar-refractivity contribution >= 4 is 11.6 Å². The zero-order valence-corrected chi connectivity index (χ0v) is 12.6. The molecule has 0 spiro atoms. The van der Waals surface area contributed by atoms with Crippen LogP contribution in [-0.2, 0) is 0 Å². The number of hydrogen-bond acceptors (Lipinski definition) is 1. The van der Waals surface area contributed by atoms with E-state index < -0.39 is 0 Å². The highest BCUT2D eigenvalue weighted by atomic mass is 35.5.